The summed E-state index contributed by atoms with van der Waals surface area (Å²) in [6, 6.07) is 8.16. The van der Waals surface area contributed by atoms with E-state index in [9.17, 15) is 0 Å². The molecule has 2 atom stereocenters. The van der Waals surface area contributed by atoms with E-state index in [1.54, 1.807) is 0 Å². The lowest BCUT2D eigenvalue weighted by molar-refractivity contribution is 0.360. The van der Waals surface area contributed by atoms with Gasteiger partial charge in [0.2, 0.25) is 0 Å². The van der Waals surface area contributed by atoms with Crippen LogP contribution in [0, 0.1) is 12.5 Å². The zero-order valence-electron chi connectivity index (χ0n) is 10.1. The van der Waals surface area contributed by atoms with Crippen molar-refractivity contribution in [1.29, 1.82) is 0 Å². The Morgan fingerprint density at radius 2 is 2.35 bits per heavy atom. The summed E-state index contributed by atoms with van der Waals surface area (Å²) in [7, 11) is 0. The van der Waals surface area contributed by atoms with Gasteiger partial charge in [-0.3, -0.25) is 4.85 Å². The fourth-order valence-corrected chi connectivity index (χ4v) is 2.49. The van der Waals surface area contributed by atoms with Crippen LogP contribution in [0.3, 0.4) is 0 Å². The van der Waals surface area contributed by atoms with Crippen molar-refractivity contribution in [3.05, 3.63) is 41.2 Å². The Morgan fingerprint density at radius 1 is 1.47 bits per heavy atom. The third-order valence-electron chi connectivity index (χ3n) is 3.45. The van der Waals surface area contributed by atoms with Gasteiger partial charge < -0.3 is 10.1 Å². The molecule has 2 rings (SSSR count). The van der Waals surface area contributed by atoms with Gasteiger partial charge >= 0.3 is 6.73 Å². The van der Waals surface area contributed by atoms with Gasteiger partial charge in [-0.2, -0.15) is 0 Å². The van der Waals surface area contributed by atoms with Crippen LogP contribution in [0.1, 0.15) is 24.8 Å². The zero-order valence-corrected chi connectivity index (χ0v) is 10.1. The largest absolute Gasteiger partial charge is 0.426 e. The molecule has 17 heavy (non-hydrogen) atoms. The standard InChI is InChI=1S/C14H18N2O/c1-3-11-8-16-9-14(11)12-5-4-6-13(7-12)17-10-15-2/h4-7,11,14,16H,3,8-10H2,1H3/t11-,14?/m0/s1. The Bertz CT molecular complexity index is 411. The second kappa shape index (κ2) is 5.70. The summed E-state index contributed by atoms with van der Waals surface area (Å²) in [6.45, 7) is 11.2. The maximum atomic E-state index is 6.72. The molecule has 1 aliphatic heterocycles. The van der Waals surface area contributed by atoms with E-state index >= 15 is 0 Å². The molecule has 1 aliphatic rings. The summed E-state index contributed by atoms with van der Waals surface area (Å²) in [5.41, 5.74) is 1.32. The summed E-state index contributed by atoms with van der Waals surface area (Å²) in [6.07, 6.45) is 1.20. The van der Waals surface area contributed by atoms with Crippen molar-refractivity contribution >= 4 is 0 Å². The molecule has 0 aliphatic carbocycles. The molecule has 0 bridgehead atoms. The van der Waals surface area contributed by atoms with Crippen LogP contribution < -0.4 is 10.1 Å². The van der Waals surface area contributed by atoms with Gasteiger partial charge in [-0.1, -0.05) is 25.5 Å². The minimum atomic E-state index is 0.101. The van der Waals surface area contributed by atoms with Crippen LogP contribution in [0.2, 0.25) is 0 Å². The minimum absolute atomic E-state index is 0.101. The van der Waals surface area contributed by atoms with E-state index in [-0.39, 0.29) is 6.73 Å². The van der Waals surface area contributed by atoms with Crippen molar-refractivity contribution in [3.8, 4) is 5.75 Å². The highest BCUT2D eigenvalue weighted by Gasteiger charge is 2.26. The van der Waals surface area contributed by atoms with Crippen molar-refractivity contribution in [2.75, 3.05) is 19.8 Å². The molecule has 3 nitrogen and oxygen atoms in total. The molecule has 1 N–H and O–H groups in total. The highest BCUT2D eigenvalue weighted by Crippen LogP contribution is 2.31. The first-order valence-corrected chi connectivity index (χ1v) is 6.11. The topological polar surface area (TPSA) is 25.6 Å². The molecule has 1 heterocycles. The van der Waals surface area contributed by atoms with E-state index in [1.807, 2.05) is 12.1 Å². The SMILES string of the molecule is [C-]#[N+]COc1cccc(C2CNC[C@@H]2CC)c1. The highest BCUT2D eigenvalue weighted by atomic mass is 16.5. The Kier molecular flexibility index (Phi) is 4.00. The second-order valence-electron chi connectivity index (χ2n) is 4.44. The number of rotatable bonds is 4. The maximum absolute atomic E-state index is 6.72. The summed E-state index contributed by atoms with van der Waals surface area (Å²) < 4.78 is 5.35. The predicted molar refractivity (Wildman–Crippen MR) is 67.9 cm³/mol. The molecule has 0 saturated carbocycles. The summed E-state index contributed by atoms with van der Waals surface area (Å²) >= 11 is 0. The molecule has 0 radical (unpaired) electrons. The first-order valence-electron chi connectivity index (χ1n) is 6.11. The predicted octanol–water partition coefficient (Wildman–Crippen LogP) is 2.66. The van der Waals surface area contributed by atoms with Crippen molar-refractivity contribution in [1.82, 2.24) is 5.32 Å². The third kappa shape index (κ3) is 2.78. The van der Waals surface area contributed by atoms with Crippen molar-refractivity contribution in [3.63, 3.8) is 0 Å². The quantitative estimate of drug-likeness (QED) is 0.805. The number of nitrogens with one attached hydrogen (secondary N) is 1. The summed E-state index contributed by atoms with van der Waals surface area (Å²) in [4.78, 5) is 3.20. The monoisotopic (exact) mass is 230 g/mol. The smallest absolute Gasteiger partial charge is 0.357 e. The van der Waals surface area contributed by atoms with Crippen LogP contribution in [-0.2, 0) is 0 Å². The molecule has 1 saturated heterocycles. The lowest BCUT2D eigenvalue weighted by Gasteiger charge is -2.17. The Morgan fingerprint density at radius 3 is 3.12 bits per heavy atom. The van der Waals surface area contributed by atoms with E-state index in [0.29, 0.717) is 11.8 Å². The molecule has 0 aromatic heterocycles. The molecule has 3 heteroatoms. The lowest BCUT2D eigenvalue weighted by Crippen LogP contribution is -2.09. The van der Waals surface area contributed by atoms with Crippen LogP contribution in [-0.4, -0.2) is 19.8 Å². The molecule has 1 unspecified atom stereocenters. The molecule has 1 aromatic rings. The van der Waals surface area contributed by atoms with Crippen LogP contribution in [0.5, 0.6) is 5.75 Å². The van der Waals surface area contributed by atoms with Crippen molar-refractivity contribution in [2.45, 2.75) is 19.3 Å². The molecule has 1 fully saturated rings. The van der Waals surface area contributed by atoms with Crippen molar-refractivity contribution < 1.29 is 4.74 Å². The number of benzene rings is 1. The van der Waals surface area contributed by atoms with Crippen molar-refractivity contribution in [2.24, 2.45) is 5.92 Å². The Labute approximate surface area is 103 Å². The third-order valence-corrected chi connectivity index (χ3v) is 3.45. The molecule has 0 amide bonds. The molecule has 0 spiro atoms. The Balaban J connectivity index is 2.12. The maximum Gasteiger partial charge on any atom is 0.357 e. The number of ether oxygens (including phenoxy) is 1. The van der Waals surface area contributed by atoms with Crippen LogP contribution >= 0.6 is 0 Å². The summed E-state index contributed by atoms with van der Waals surface area (Å²) in [5.74, 6) is 2.10. The Hall–Kier alpha value is -1.53. The van der Waals surface area contributed by atoms with Crippen LogP contribution in [0.15, 0.2) is 24.3 Å². The van der Waals surface area contributed by atoms with Gasteiger partial charge in [0, 0.05) is 12.5 Å². The van der Waals surface area contributed by atoms with E-state index in [2.05, 4.69) is 29.2 Å². The van der Waals surface area contributed by atoms with E-state index < -0.39 is 0 Å². The summed E-state index contributed by atoms with van der Waals surface area (Å²) in [5, 5.41) is 3.45. The fourth-order valence-electron chi connectivity index (χ4n) is 2.49. The zero-order chi connectivity index (χ0) is 12.1. The first-order chi connectivity index (χ1) is 8.35. The van der Waals surface area contributed by atoms with Crippen LogP contribution in [0.25, 0.3) is 4.85 Å². The molecular formula is C14H18N2O. The minimum Gasteiger partial charge on any atom is -0.426 e. The van der Waals surface area contributed by atoms with Gasteiger partial charge in [0.05, 0.1) is 0 Å². The normalized spacial score (nSPS) is 23.3. The van der Waals surface area contributed by atoms with Gasteiger partial charge in [-0.25, -0.2) is 6.57 Å². The van der Waals surface area contributed by atoms with Gasteiger partial charge in [0.15, 0.2) is 0 Å². The van der Waals surface area contributed by atoms with E-state index in [4.69, 9.17) is 11.3 Å². The second-order valence-corrected chi connectivity index (χ2v) is 4.44. The number of nitrogens with zero attached hydrogens (tertiary/aromatic N) is 1. The van der Waals surface area contributed by atoms with Crippen LogP contribution in [0.4, 0.5) is 0 Å². The van der Waals surface area contributed by atoms with E-state index in [1.165, 1.54) is 12.0 Å². The van der Waals surface area contributed by atoms with Gasteiger partial charge in [-0.15, -0.1) is 0 Å². The fraction of sp³-hybridized carbons (Fsp3) is 0.500. The van der Waals surface area contributed by atoms with Gasteiger partial charge in [0.25, 0.3) is 0 Å². The molecular weight excluding hydrogens is 212 g/mol. The highest BCUT2D eigenvalue weighted by molar-refractivity contribution is 5.32. The molecule has 90 valence electrons. The van der Waals surface area contributed by atoms with E-state index in [0.717, 1.165) is 18.8 Å². The molecule has 1 aromatic carbocycles. The average Bonchev–Trinajstić information content (AvgIpc) is 2.85. The lowest BCUT2D eigenvalue weighted by atomic mass is 9.87. The first kappa shape index (κ1) is 11.9. The number of hydrogen-bond donors (Lipinski definition) is 1. The van der Waals surface area contributed by atoms with Gasteiger partial charge in [0.1, 0.15) is 5.75 Å². The average molecular weight is 230 g/mol. The number of hydrogen-bond acceptors (Lipinski definition) is 2. The van der Waals surface area contributed by atoms with Gasteiger partial charge in [-0.05, 0) is 30.2 Å².